The van der Waals surface area contributed by atoms with Gasteiger partial charge in [-0.2, -0.15) is 5.10 Å². The van der Waals surface area contributed by atoms with Crippen molar-refractivity contribution < 1.29 is 13.2 Å². The second-order valence-corrected chi connectivity index (χ2v) is 7.85. The van der Waals surface area contributed by atoms with Gasteiger partial charge in [-0.1, -0.05) is 50.2 Å². The highest BCUT2D eigenvalue weighted by molar-refractivity contribution is 7.92. The molecule has 1 aromatic heterocycles. The molecule has 0 saturated carbocycles. The minimum atomic E-state index is -3.84. The minimum Gasteiger partial charge on any atom is -0.495 e. The lowest BCUT2D eigenvalue weighted by molar-refractivity contribution is 0.402. The Balaban J connectivity index is 1.93. The van der Waals surface area contributed by atoms with Crippen LogP contribution in [-0.2, 0) is 10.0 Å². The van der Waals surface area contributed by atoms with Gasteiger partial charge in [0.1, 0.15) is 10.6 Å². The number of ether oxygens (including phenoxy) is 1. The largest absolute Gasteiger partial charge is 0.495 e. The quantitative estimate of drug-likeness (QED) is 0.686. The molecule has 0 saturated heterocycles. The average molecular weight is 371 g/mol. The summed E-state index contributed by atoms with van der Waals surface area (Å²) in [7, 11) is -2.39. The molecular formula is C19H21N3O3S. The number of aromatic nitrogens is 2. The van der Waals surface area contributed by atoms with E-state index in [1.165, 1.54) is 7.11 Å². The summed E-state index contributed by atoms with van der Waals surface area (Å²) in [6.45, 7) is 4.01. The van der Waals surface area contributed by atoms with Gasteiger partial charge in [0.2, 0.25) is 0 Å². The number of aromatic amines is 1. The monoisotopic (exact) mass is 371 g/mol. The molecule has 2 N–H and O–H groups in total. The first kappa shape index (κ1) is 18.0. The fourth-order valence-corrected chi connectivity index (χ4v) is 3.79. The van der Waals surface area contributed by atoms with E-state index in [-0.39, 0.29) is 16.6 Å². The Morgan fingerprint density at radius 1 is 1.08 bits per heavy atom. The summed E-state index contributed by atoms with van der Waals surface area (Å²) in [5.74, 6) is 0.714. The maximum Gasteiger partial charge on any atom is 0.266 e. The fraction of sp³-hybridized carbons (Fsp3) is 0.211. The van der Waals surface area contributed by atoms with Crippen molar-refractivity contribution in [1.29, 1.82) is 0 Å². The summed E-state index contributed by atoms with van der Waals surface area (Å²) >= 11 is 0. The standard InChI is InChI=1S/C19H21N3O3S/c1-13(2)15-9-10-17(25-3)18(11-15)26(23,24)22-19-12-16(20-21-19)14-7-5-4-6-8-14/h4-13H,1-3H3,(H2,20,21,22). The molecule has 0 radical (unpaired) electrons. The molecule has 7 heteroatoms. The highest BCUT2D eigenvalue weighted by Crippen LogP contribution is 2.30. The molecule has 1 heterocycles. The van der Waals surface area contributed by atoms with Gasteiger partial charge in [-0.25, -0.2) is 8.42 Å². The molecule has 0 amide bonds. The highest BCUT2D eigenvalue weighted by Gasteiger charge is 2.22. The fourth-order valence-electron chi connectivity index (χ4n) is 2.59. The van der Waals surface area contributed by atoms with Crippen LogP contribution in [-0.4, -0.2) is 25.7 Å². The lowest BCUT2D eigenvalue weighted by Gasteiger charge is -2.13. The van der Waals surface area contributed by atoms with Crippen molar-refractivity contribution in [2.45, 2.75) is 24.7 Å². The number of H-pyrrole nitrogens is 1. The molecule has 0 unspecified atom stereocenters. The second-order valence-electron chi connectivity index (χ2n) is 6.20. The third kappa shape index (κ3) is 3.72. The number of rotatable bonds is 6. The molecule has 0 aliphatic carbocycles. The molecule has 2 aromatic carbocycles. The Bertz CT molecular complexity index is 996. The SMILES string of the molecule is COc1ccc(C(C)C)cc1S(=O)(=O)Nc1cc(-c2ccccc2)[nH]n1. The van der Waals surface area contributed by atoms with Gasteiger partial charge in [-0.15, -0.1) is 0 Å². The Morgan fingerprint density at radius 3 is 2.46 bits per heavy atom. The number of anilines is 1. The maximum absolute atomic E-state index is 12.9. The lowest BCUT2D eigenvalue weighted by Crippen LogP contribution is -2.15. The molecule has 0 atom stereocenters. The molecule has 0 aliphatic rings. The molecule has 0 fully saturated rings. The first-order chi connectivity index (χ1) is 12.4. The van der Waals surface area contributed by atoms with Gasteiger partial charge >= 0.3 is 0 Å². The van der Waals surface area contributed by atoms with Crippen LogP contribution in [0.4, 0.5) is 5.82 Å². The lowest BCUT2D eigenvalue weighted by atomic mass is 10.0. The van der Waals surface area contributed by atoms with Crippen LogP contribution in [0.15, 0.2) is 59.5 Å². The van der Waals surface area contributed by atoms with Crippen molar-refractivity contribution in [1.82, 2.24) is 10.2 Å². The van der Waals surface area contributed by atoms with E-state index in [4.69, 9.17) is 4.74 Å². The number of hydrogen-bond donors (Lipinski definition) is 2. The van der Waals surface area contributed by atoms with Crippen LogP contribution in [0.25, 0.3) is 11.3 Å². The predicted molar refractivity (Wildman–Crippen MR) is 102 cm³/mol. The van der Waals surface area contributed by atoms with Crippen LogP contribution < -0.4 is 9.46 Å². The normalized spacial score (nSPS) is 11.5. The van der Waals surface area contributed by atoms with Crippen molar-refractivity contribution in [2.75, 3.05) is 11.8 Å². The van der Waals surface area contributed by atoms with Gasteiger partial charge in [-0.05, 0) is 29.2 Å². The zero-order chi connectivity index (χ0) is 18.7. The number of methoxy groups -OCH3 is 1. The smallest absolute Gasteiger partial charge is 0.266 e. The summed E-state index contributed by atoms with van der Waals surface area (Å²) in [5, 5.41) is 6.91. The van der Waals surface area contributed by atoms with Gasteiger partial charge < -0.3 is 4.74 Å². The first-order valence-corrected chi connectivity index (χ1v) is 9.70. The van der Waals surface area contributed by atoms with Gasteiger partial charge in [0.25, 0.3) is 10.0 Å². The summed E-state index contributed by atoms with van der Waals surface area (Å²) in [5.41, 5.74) is 2.56. The molecule has 0 bridgehead atoms. The summed E-state index contributed by atoms with van der Waals surface area (Å²) < 4.78 is 33.5. The highest BCUT2D eigenvalue weighted by atomic mass is 32.2. The van der Waals surface area contributed by atoms with Crippen molar-refractivity contribution in [3.8, 4) is 17.0 Å². The Kier molecular flexibility index (Phi) is 4.99. The van der Waals surface area contributed by atoms with E-state index in [1.807, 2.05) is 50.2 Å². The van der Waals surface area contributed by atoms with Crippen LogP contribution in [0.5, 0.6) is 5.75 Å². The van der Waals surface area contributed by atoms with Crippen LogP contribution in [0.3, 0.4) is 0 Å². The summed E-state index contributed by atoms with van der Waals surface area (Å²) in [6.07, 6.45) is 0. The van der Waals surface area contributed by atoms with Crippen molar-refractivity contribution in [3.63, 3.8) is 0 Å². The first-order valence-electron chi connectivity index (χ1n) is 8.22. The van der Waals surface area contributed by atoms with Crippen LogP contribution in [0.2, 0.25) is 0 Å². The molecule has 0 spiro atoms. The Labute approximate surface area is 153 Å². The zero-order valence-corrected chi connectivity index (χ0v) is 15.7. The Morgan fingerprint density at radius 2 is 1.81 bits per heavy atom. The van der Waals surface area contributed by atoms with Crippen molar-refractivity contribution in [2.24, 2.45) is 0 Å². The van der Waals surface area contributed by atoms with E-state index in [9.17, 15) is 8.42 Å². The van der Waals surface area contributed by atoms with E-state index in [2.05, 4.69) is 14.9 Å². The van der Waals surface area contributed by atoms with Gasteiger partial charge in [0.15, 0.2) is 5.82 Å². The summed E-state index contributed by atoms with van der Waals surface area (Å²) in [6, 6.07) is 16.4. The number of sulfonamides is 1. The number of benzene rings is 2. The topological polar surface area (TPSA) is 84.1 Å². The van der Waals surface area contributed by atoms with Gasteiger partial charge in [0.05, 0.1) is 12.8 Å². The number of nitrogens with zero attached hydrogens (tertiary/aromatic N) is 1. The van der Waals surface area contributed by atoms with Crippen LogP contribution in [0.1, 0.15) is 25.3 Å². The van der Waals surface area contributed by atoms with E-state index < -0.39 is 10.0 Å². The molecule has 136 valence electrons. The summed E-state index contributed by atoms with van der Waals surface area (Å²) in [4.78, 5) is 0.0930. The second kappa shape index (κ2) is 7.21. The predicted octanol–water partition coefficient (Wildman–Crippen LogP) is 4.01. The maximum atomic E-state index is 12.9. The van der Waals surface area contributed by atoms with E-state index >= 15 is 0 Å². The third-order valence-electron chi connectivity index (χ3n) is 4.05. The number of nitrogens with one attached hydrogen (secondary N) is 2. The Hall–Kier alpha value is -2.80. The van der Waals surface area contributed by atoms with Crippen LogP contribution in [0, 0.1) is 0 Å². The minimum absolute atomic E-state index is 0.0930. The molecule has 6 nitrogen and oxygen atoms in total. The number of hydrogen-bond acceptors (Lipinski definition) is 4. The van der Waals surface area contributed by atoms with Gasteiger partial charge in [0, 0.05) is 6.07 Å². The van der Waals surface area contributed by atoms with Crippen molar-refractivity contribution >= 4 is 15.8 Å². The molecule has 26 heavy (non-hydrogen) atoms. The van der Waals surface area contributed by atoms with E-state index in [0.29, 0.717) is 5.75 Å². The van der Waals surface area contributed by atoms with Crippen molar-refractivity contribution in [3.05, 3.63) is 60.2 Å². The molecule has 3 aromatic rings. The third-order valence-corrected chi connectivity index (χ3v) is 5.42. The molecular weight excluding hydrogens is 350 g/mol. The van der Waals surface area contributed by atoms with Crippen LogP contribution >= 0.6 is 0 Å². The average Bonchev–Trinajstić information content (AvgIpc) is 3.09. The van der Waals surface area contributed by atoms with Gasteiger partial charge in [-0.3, -0.25) is 9.82 Å². The molecule has 3 rings (SSSR count). The van der Waals surface area contributed by atoms with E-state index in [0.717, 1.165) is 16.8 Å². The zero-order valence-electron chi connectivity index (χ0n) is 14.9. The van der Waals surface area contributed by atoms with E-state index in [1.54, 1.807) is 18.2 Å². The molecule has 0 aliphatic heterocycles.